The number of nitrogens with one attached hydrogen (secondary N) is 1. The van der Waals surface area contributed by atoms with E-state index in [1.165, 1.54) is 0 Å². The van der Waals surface area contributed by atoms with Crippen molar-refractivity contribution in [3.63, 3.8) is 0 Å². The van der Waals surface area contributed by atoms with E-state index in [-0.39, 0.29) is 0 Å². The molecule has 0 aliphatic heterocycles. The average Bonchev–Trinajstić information content (AvgIpc) is 2.34. The number of aromatic nitrogens is 1. The molecule has 0 atom stereocenters. The Morgan fingerprint density at radius 1 is 1.50 bits per heavy atom. The van der Waals surface area contributed by atoms with Crippen LogP contribution in [0.15, 0.2) is 18.3 Å². The molecule has 86 valence electrons. The van der Waals surface area contributed by atoms with Crippen LogP contribution in [0.4, 0.5) is 5.82 Å². The standard InChI is InChI=1S/C12H17N3O/c1-2-8-16-9-4-7-15-12-11(10-13)5-3-6-14-12/h3,5-6H,2,4,7-9H2,1H3,(H,14,15). The van der Waals surface area contributed by atoms with Gasteiger partial charge in [-0.3, -0.25) is 0 Å². The van der Waals surface area contributed by atoms with Crippen molar-refractivity contribution in [2.75, 3.05) is 25.1 Å². The summed E-state index contributed by atoms with van der Waals surface area (Å²) in [6, 6.07) is 5.61. The molecule has 0 saturated carbocycles. The van der Waals surface area contributed by atoms with Crippen LogP contribution in [0.2, 0.25) is 0 Å². The van der Waals surface area contributed by atoms with Crippen molar-refractivity contribution in [3.05, 3.63) is 23.9 Å². The van der Waals surface area contributed by atoms with Crippen molar-refractivity contribution in [1.29, 1.82) is 5.26 Å². The molecule has 1 rings (SSSR count). The molecule has 1 heterocycles. The fourth-order valence-corrected chi connectivity index (χ4v) is 1.26. The van der Waals surface area contributed by atoms with Crippen LogP contribution < -0.4 is 5.32 Å². The van der Waals surface area contributed by atoms with E-state index in [1.807, 2.05) is 0 Å². The average molecular weight is 219 g/mol. The van der Waals surface area contributed by atoms with Crippen molar-refractivity contribution < 1.29 is 4.74 Å². The van der Waals surface area contributed by atoms with E-state index >= 15 is 0 Å². The summed E-state index contributed by atoms with van der Waals surface area (Å²) >= 11 is 0. The Hall–Kier alpha value is -1.60. The lowest BCUT2D eigenvalue weighted by molar-refractivity contribution is 0.134. The molecule has 4 nitrogen and oxygen atoms in total. The van der Waals surface area contributed by atoms with E-state index in [4.69, 9.17) is 10.00 Å². The highest BCUT2D eigenvalue weighted by molar-refractivity contribution is 5.50. The molecular formula is C12H17N3O. The summed E-state index contributed by atoms with van der Waals surface area (Å²) in [6.45, 7) is 4.42. The maximum Gasteiger partial charge on any atom is 0.143 e. The molecule has 0 fully saturated rings. The van der Waals surface area contributed by atoms with Gasteiger partial charge in [0.2, 0.25) is 0 Å². The topological polar surface area (TPSA) is 57.9 Å². The lowest BCUT2D eigenvalue weighted by atomic mass is 10.3. The Balaban J connectivity index is 2.24. The van der Waals surface area contributed by atoms with Gasteiger partial charge in [-0.1, -0.05) is 6.92 Å². The molecule has 0 saturated heterocycles. The fourth-order valence-electron chi connectivity index (χ4n) is 1.26. The van der Waals surface area contributed by atoms with Gasteiger partial charge in [0.15, 0.2) is 0 Å². The largest absolute Gasteiger partial charge is 0.381 e. The van der Waals surface area contributed by atoms with E-state index in [0.717, 1.165) is 32.6 Å². The SMILES string of the molecule is CCCOCCCNc1ncccc1C#N. The van der Waals surface area contributed by atoms with Gasteiger partial charge in [-0.2, -0.15) is 5.26 Å². The maximum atomic E-state index is 8.84. The zero-order chi connectivity index (χ0) is 11.6. The lowest BCUT2D eigenvalue weighted by Gasteiger charge is -2.06. The van der Waals surface area contributed by atoms with E-state index in [9.17, 15) is 0 Å². The highest BCUT2D eigenvalue weighted by Crippen LogP contribution is 2.08. The van der Waals surface area contributed by atoms with Crippen molar-refractivity contribution in [2.45, 2.75) is 19.8 Å². The highest BCUT2D eigenvalue weighted by Gasteiger charge is 2.00. The summed E-state index contributed by atoms with van der Waals surface area (Å²) < 4.78 is 5.35. The number of nitrogens with zero attached hydrogens (tertiary/aromatic N) is 2. The Morgan fingerprint density at radius 3 is 3.12 bits per heavy atom. The molecule has 0 bridgehead atoms. The molecule has 0 unspecified atom stereocenters. The third kappa shape index (κ3) is 4.28. The number of nitriles is 1. The molecule has 1 aromatic heterocycles. The normalized spacial score (nSPS) is 9.75. The monoisotopic (exact) mass is 219 g/mol. The summed E-state index contributed by atoms with van der Waals surface area (Å²) in [6.07, 6.45) is 3.64. The second-order valence-corrected chi connectivity index (χ2v) is 3.40. The molecule has 0 aliphatic carbocycles. The summed E-state index contributed by atoms with van der Waals surface area (Å²) in [5.41, 5.74) is 0.581. The zero-order valence-electron chi connectivity index (χ0n) is 9.57. The van der Waals surface area contributed by atoms with Crippen molar-refractivity contribution in [1.82, 2.24) is 4.98 Å². The van der Waals surface area contributed by atoms with Gasteiger partial charge in [0, 0.05) is 26.0 Å². The highest BCUT2D eigenvalue weighted by atomic mass is 16.5. The predicted molar refractivity (Wildman–Crippen MR) is 63.2 cm³/mol. The molecule has 16 heavy (non-hydrogen) atoms. The number of ether oxygens (including phenoxy) is 1. The first-order chi connectivity index (χ1) is 7.88. The van der Waals surface area contributed by atoms with E-state index in [1.54, 1.807) is 18.3 Å². The Morgan fingerprint density at radius 2 is 2.38 bits per heavy atom. The summed E-state index contributed by atoms with van der Waals surface area (Å²) in [5.74, 6) is 0.653. The zero-order valence-corrected chi connectivity index (χ0v) is 9.57. The molecule has 0 aliphatic rings. The number of hydrogen-bond acceptors (Lipinski definition) is 4. The Kier molecular flexibility index (Phi) is 5.97. The third-order valence-corrected chi connectivity index (χ3v) is 2.03. The van der Waals surface area contributed by atoms with Crippen LogP contribution in [0.5, 0.6) is 0 Å². The smallest absolute Gasteiger partial charge is 0.143 e. The van der Waals surface area contributed by atoms with Crippen LogP contribution in [0.1, 0.15) is 25.3 Å². The van der Waals surface area contributed by atoms with Crippen LogP contribution in [-0.2, 0) is 4.74 Å². The van der Waals surface area contributed by atoms with Crippen LogP contribution in [0.3, 0.4) is 0 Å². The molecule has 1 aromatic rings. The number of pyridine rings is 1. The molecule has 0 radical (unpaired) electrons. The lowest BCUT2D eigenvalue weighted by Crippen LogP contribution is -2.08. The van der Waals surface area contributed by atoms with Crippen LogP contribution in [0.25, 0.3) is 0 Å². The van der Waals surface area contributed by atoms with Gasteiger partial charge < -0.3 is 10.1 Å². The second-order valence-electron chi connectivity index (χ2n) is 3.40. The van der Waals surface area contributed by atoms with Gasteiger partial charge in [0.1, 0.15) is 11.9 Å². The number of hydrogen-bond donors (Lipinski definition) is 1. The first-order valence-electron chi connectivity index (χ1n) is 5.55. The quantitative estimate of drug-likeness (QED) is 0.714. The van der Waals surface area contributed by atoms with E-state index in [0.29, 0.717) is 11.4 Å². The van der Waals surface area contributed by atoms with Crippen molar-refractivity contribution >= 4 is 5.82 Å². The Labute approximate surface area is 96.3 Å². The van der Waals surface area contributed by atoms with Gasteiger partial charge in [-0.25, -0.2) is 4.98 Å². The van der Waals surface area contributed by atoms with Gasteiger partial charge in [0.25, 0.3) is 0 Å². The van der Waals surface area contributed by atoms with Crippen molar-refractivity contribution in [3.8, 4) is 6.07 Å². The van der Waals surface area contributed by atoms with Crippen LogP contribution >= 0.6 is 0 Å². The molecular weight excluding hydrogens is 202 g/mol. The molecule has 0 amide bonds. The van der Waals surface area contributed by atoms with Crippen LogP contribution in [0, 0.1) is 11.3 Å². The minimum Gasteiger partial charge on any atom is -0.381 e. The molecule has 0 spiro atoms. The van der Waals surface area contributed by atoms with Gasteiger partial charge in [0.05, 0.1) is 5.56 Å². The minimum absolute atomic E-state index is 0.581. The molecule has 0 aromatic carbocycles. The summed E-state index contributed by atoms with van der Waals surface area (Å²) in [4.78, 5) is 4.11. The first kappa shape index (κ1) is 12.5. The van der Waals surface area contributed by atoms with Gasteiger partial charge in [-0.15, -0.1) is 0 Å². The van der Waals surface area contributed by atoms with E-state index < -0.39 is 0 Å². The third-order valence-electron chi connectivity index (χ3n) is 2.03. The van der Waals surface area contributed by atoms with Gasteiger partial charge >= 0.3 is 0 Å². The summed E-state index contributed by atoms with van der Waals surface area (Å²) in [7, 11) is 0. The van der Waals surface area contributed by atoms with Crippen molar-refractivity contribution in [2.24, 2.45) is 0 Å². The second kappa shape index (κ2) is 7.66. The summed E-state index contributed by atoms with van der Waals surface area (Å²) in [5, 5.41) is 12.0. The minimum atomic E-state index is 0.581. The van der Waals surface area contributed by atoms with E-state index in [2.05, 4.69) is 23.3 Å². The van der Waals surface area contributed by atoms with Gasteiger partial charge in [-0.05, 0) is 25.0 Å². The Bertz CT molecular complexity index is 346. The number of anilines is 1. The predicted octanol–water partition coefficient (Wildman–Crippen LogP) is 2.18. The molecule has 4 heteroatoms. The van der Waals surface area contributed by atoms with Crippen LogP contribution in [-0.4, -0.2) is 24.7 Å². The maximum absolute atomic E-state index is 8.84. The first-order valence-corrected chi connectivity index (χ1v) is 5.55. The fraction of sp³-hybridized carbons (Fsp3) is 0.500. The molecule has 1 N–H and O–H groups in total. The number of rotatable bonds is 7.